The van der Waals surface area contributed by atoms with Crippen LogP contribution in [0.3, 0.4) is 0 Å². The van der Waals surface area contributed by atoms with Gasteiger partial charge in [0.05, 0.1) is 10.5 Å². The largest absolute Gasteiger partial charge is 0.491 e. The molecule has 0 heterocycles. The molecule has 0 fully saturated rings. The fraction of sp³-hybridized carbons (Fsp3) is 0.300. The summed E-state index contributed by atoms with van der Waals surface area (Å²) >= 11 is 5.46. The molecule has 0 aliphatic rings. The number of hydrogen-bond donors (Lipinski definition) is 1. The number of carboxylic acid groups (broad SMARTS) is 1. The zero-order valence-electron chi connectivity index (χ0n) is 8.92. The van der Waals surface area contributed by atoms with Gasteiger partial charge in [-0.15, -0.1) is 11.6 Å². The number of benzene rings is 1. The predicted molar refractivity (Wildman–Crippen MR) is 60.6 cm³/mol. The van der Waals surface area contributed by atoms with Crippen LogP contribution >= 0.6 is 11.6 Å². The quantitative estimate of drug-likeness (QED) is 0.496. The first-order valence-corrected chi connectivity index (χ1v) is 5.10. The maximum atomic E-state index is 10.7. The van der Waals surface area contributed by atoms with E-state index >= 15 is 0 Å². The number of alkyl halides is 1. The first-order chi connectivity index (χ1) is 7.93. The van der Waals surface area contributed by atoms with Gasteiger partial charge in [0.1, 0.15) is 12.4 Å². The Morgan fingerprint density at radius 3 is 2.82 bits per heavy atom. The number of carbonyl (C=O) groups is 1. The molecule has 1 rings (SSSR count). The summed E-state index contributed by atoms with van der Waals surface area (Å²) < 4.78 is 5.13. The third-order valence-electron chi connectivity index (χ3n) is 2.11. The molecule has 0 amide bonds. The zero-order valence-corrected chi connectivity index (χ0v) is 9.68. The maximum Gasteiger partial charge on any atom is 0.325 e. The van der Waals surface area contributed by atoms with Crippen LogP contribution in [-0.4, -0.2) is 28.0 Å². The molecule has 0 bridgehead atoms. The van der Waals surface area contributed by atoms with Gasteiger partial charge in [0.15, 0.2) is 5.38 Å². The molecule has 1 atom stereocenters. The van der Waals surface area contributed by atoms with E-state index in [9.17, 15) is 14.9 Å². The molecule has 0 aromatic heterocycles. The Morgan fingerprint density at radius 1 is 1.65 bits per heavy atom. The van der Waals surface area contributed by atoms with Gasteiger partial charge in [0.25, 0.3) is 5.69 Å². The molecule has 0 saturated heterocycles. The van der Waals surface area contributed by atoms with Crippen molar-refractivity contribution in [2.75, 3.05) is 6.61 Å². The smallest absolute Gasteiger partial charge is 0.325 e. The topological polar surface area (TPSA) is 89.7 Å². The molecular weight excluding hydrogens is 250 g/mol. The maximum absolute atomic E-state index is 10.7. The second-order valence-corrected chi connectivity index (χ2v) is 3.80. The van der Waals surface area contributed by atoms with Crippen LogP contribution in [0.15, 0.2) is 18.2 Å². The second-order valence-electron chi connectivity index (χ2n) is 3.27. The van der Waals surface area contributed by atoms with Gasteiger partial charge in [-0.1, -0.05) is 6.07 Å². The van der Waals surface area contributed by atoms with E-state index in [2.05, 4.69) is 0 Å². The van der Waals surface area contributed by atoms with Crippen molar-refractivity contribution in [1.29, 1.82) is 0 Å². The van der Waals surface area contributed by atoms with E-state index in [1.54, 1.807) is 0 Å². The van der Waals surface area contributed by atoms with Crippen LogP contribution < -0.4 is 4.74 Å². The van der Waals surface area contributed by atoms with Crippen LogP contribution in [0.5, 0.6) is 5.75 Å². The Hall–Kier alpha value is -1.82. The third kappa shape index (κ3) is 3.32. The van der Waals surface area contributed by atoms with E-state index in [-0.39, 0.29) is 18.0 Å². The SMILES string of the molecule is Cc1c(OCC(Cl)C(=O)O)cccc1[N+](=O)[O-]. The molecule has 0 aliphatic carbocycles. The van der Waals surface area contributed by atoms with Gasteiger partial charge in [-0.25, -0.2) is 0 Å². The van der Waals surface area contributed by atoms with Crippen molar-refractivity contribution in [2.45, 2.75) is 12.3 Å². The van der Waals surface area contributed by atoms with Crippen molar-refractivity contribution >= 4 is 23.3 Å². The molecule has 1 unspecified atom stereocenters. The Bertz CT molecular complexity index is 448. The molecule has 0 spiro atoms. The van der Waals surface area contributed by atoms with E-state index in [4.69, 9.17) is 21.4 Å². The Balaban J connectivity index is 2.82. The zero-order chi connectivity index (χ0) is 13.0. The minimum Gasteiger partial charge on any atom is -0.491 e. The first-order valence-electron chi connectivity index (χ1n) is 4.67. The second kappa shape index (κ2) is 5.49. The monoisotopic (exact) mass is 259 g/mol. The molecule has 1 aromatic carbocycles. The summed E-state index contributed by atoms with van der Waals surface area (Å²) in [5.41, 5.74) is 0.260. The minimum absolute atomic E-state index is 0.0797. The van der Waals surface area contributed by atoms with Crippen LogP contribution in [0.25, 0.3) is 0 Å². The Kier molecular flexibility index (Phi) is 4.28. The molecule has 17 heavy (non-hydrogen) atoms. The van der Waals surface area contributed by atoms with Gasteiger partial charge in [-0.05, 0) is 13.0 Å². The number of carboxylic acids is 1. The highest BCUT2D eigenvalue weighted by molar-refractivity contribution is 6.29. The van der Waals surface area contributed by atoms with E-state index in [0.717, 1.165) is 0 Å². The molecule has 0 aliphatic heterocycles. The number of ether oxygens (including phenoxy) is 1. The fourth-order valence-electron chi connectivity index (χ4n) is 1.19. The summed E-state index contributed by atoms with van der Waals surface area (Å²) in [6.07, 6.45) is 0. The molecule has 0 saturated carbocycles. The first kappa shape index (κ1) is 13.2. The lowest BCUT2D eigenvalue weighted by Crippen LogP contribution is -2.21. The predicted octanol–water partition coefficient (Wildman–Crippen LogP) is 1.97. The van der Waals surface area contributed by atoms with Crippen LogP contribution in [0.4, 0.5) is 5.69 Å². The lowest BCUT2D eigenvalue weighted by molar-refractivity contribution is -0.385. The number of rotatable bonds is 5. The Labute approximate surface area is 102 Å². The van der Waals surface area contributed by atoms with E-state index in [0.29, 0.717) is 5.56 Å². The third-order valence-corrected chi connectivity index (χ3v) is 2.42. The van der Waals surface area contributed by atoms with Gasteiger partial charge in [0, 0.05) is 6.07 Å². The van der Waals surface area contributed by atoms with Crippen molar-refractivity contribution in [1.82, 2.24) is 0 Å². The van der Waals surface area contributed by atoms with Crippen molar-refractivity contribution in [3.8, 4) is 5.75 Å². The van der Waals surface area contributed by atoms with Crippen molar-refractivity contribution in [3.63, 3.8) is 0 Å². The number of nitro benzene ring substituents is 1. The molecule has 6 nitrogen and oxygen atoms in total. The Morgan fingerprint density at radius 2 is 2.29 bits per heavy atom. The van der Waals surface area contributed by atoms with Crippen LogP contribution in [0.2, 0.25) is 0 Å². The molecule has 0 radical (unpaired) electrons. The van der Waals surface area contributed by atoms with Gasteiger partial charge in [-0.2, -0.15) is 0 Å². The minimum atomic E-state index is -1.20. The number of hydrogen-bond acceptors (Lipinski definition) is 4. The molecule has 1 aromatic rings. The number of nitrogens with zero attached hydrogens (tertiary/aromatic N) is 1. The van der Waals surface area contributed by atoms with Gasteiger partial charge in [-0.3, -0.25) is 14.9 Å². The summed E-state index contributed by atoms with van der Waals surface area (Å²) in [6.45, 7) is 1.27. The molecule has 1 N–H and O–H groups in total. The van der Waals surface area contributed by atoms with E-state index < -0.39 is 16.3 Å². The average molecular weight is 260 g/mol. The standard InChI is InChI=1S/C10H10ClNO5/c1-6-8(12(15)16)3-2-4-9(6)17-5-7(11)10(13)14/h2-4,7H,5H2,1H3,(H,13,14). The highest BCUT2D eigenvalue weighted by atomic mass is 35.5. The van der Waals surface area contributed by atoms with Gasteiger partial charge >= 0.3 is 5.97 Å². The number of halogens is 1. The molecule has 92 valence electrons. The summed E-state index contributed by atoms with van der Waals surface area (Å²) in [4.78, 5) is 20.6. The lowest BCUT2D eigenvalue weighted by atomic mass is 10.2. The summed E-state index contributed by atoms with van der Waals surface area (Å²) in [7, 11) is 0. The van der Waals surface area contributed by atoms with Crippen LogP contribution in [0.1, 0.15) is 5.56 Å². The van der Waals surface area contributed by atoms with Gasteiger partial charge in [0.2, 0.25) is 0 Å². The number of aliphatic carboxylic acids is 1. The summed E-state index contributed by atoms with van der Waals surface area (Å²) in [5.74, 6) is -0.944. The highest BCUT2D eigenvalue weighted by Gasteiger charge is 2.18. The molecular formula is C10H10ClNO5. The summed E-state index contributed by atoms with van der Waals surface area (Å²) in [6, 6.07) is 4.33. The normalized spacial score (nSPS) is 11.9. The van der Waals surface area contributed by atoms with Crippen LogP contribution in [0, 0.1) is 17.0 Å². The molecule has 7 heteroatoms. The number of nitro groups is 1. The average Bonchev–Trinajstić information content (AvgIpc) is 2.26. The summed E-state index contributed by atoms with van der Waals surface area (Å²) in [5, 5.41) is 18.0. The fourth-order valence-corrected chi connectivity index (χ4v) is 1.25. The van der Waals surface area contributed by atoms with Crippen molar-refractivity contribution in [3.05, 3.63) is 33.9 Å². The van der Waals surface area contributed by atoms with Crippen molar-refractivity contribution in [2.24, 2.45) is 0 Å². The van der Waals surface area contributed by atoms with Crippen molar-refractivity contribution < 1.29 is 19.6 Å². The van der Waals surface area contributed by atoms with Crippen LogP contribution in [-0.2, 0) is 4.79 Å². The van der Waals surface area contributed by atoms with E-state index in [1.165, 1.54) is 25.1 Å². The van der Waals surface area contributed by atoms with E-state index in [1.807, 2.05) is 0 Å². The lowest BCUT2D eigenvalue weighted by Gasteiger charge is -2.10. The van der Waals surface area contributed by atoms with Gasteiger partial charge < -0.3 is 9.84 Å². The highest BCUT2D eigenvalue weighted by Crippen LogP contribution is 2.27.